The lowest BCUT2D eigenvalue weighted by Crippen LogP contribution is -2.03. The van der Waals surface area contributed by atoms with Crippen molar-refractivity contribution in [3.05, 3.63) is 44.7 Å². The predicted molar refractivity (Wildman–Crippen MR) is 81.1 cm³/mol. The molecule has 0 spiro atoms. The van der Waals surface area contributed by atoms with Gasteiger partial charge in [-0.05, 0) is 34.5 Å². The van der Waals surface area contributed by atoms with Crippen molar-refractivity contribution in [1.82, 2.24) is 9.97 Å². The minimum atomic E-state index is -0.691. The first kappa shape index (κ1) is 15.3. The average molecular weight is 407 g/mol. The molecule has 7 heteroatoms. The number of rotatable bonds is 4. The molecule has 0 unspecified atom stereocenters. The normalized spacial score (nSPS) is 10.7. The van der Waals surface area contributed by atoms with Gasteiger partial charge in [0.15, 0.2) is 11.6 Å². The van der Waals surface area contributed by atoms with E-state index in [1.54, 1.807) is 6.07 Å². The topological polar surface area (TPSA) is 37.8 Å². The number of benzene rings is 1. The maximum absolute atomic E-state index is 13.8. The van der Waals surface area contributed by atoms with Crippen molar-refractivity contribution in [3.8, 4) is 0 Å². The van der Waals surface area contributed by atoms with Gasteiger partial charge in [-0.15, -0.1) is 0 Å². The fourth-order valence-corrected chi connectivity index (χ4v) is 2.48. The van der Waals surface area contributed by atoms with Crippen molar-refractivity contribution in [1.29, 1.82) is 0 Å². The Morgan fingerprint density at radius 1 is 1.10 bits per heavy atom. The summed E-state index contributed by atoms with van der Waals surface area (Å²) < 4.78 is 28.4. The smallest absolute Gasteiger partial charge is 0.150 e. The van der Waals surface area contributed by atoms with Gasteiger partial charge in [0, 0.05) is 17.0 Å². The SMILES string of the molecule is CCCc1nc(Br)cc(Nc2c(F)cc(Br)cc2F)n1. The van der Waals surface area contributed by atoms with Crippen molar-refractivity contribution in [2.75, 3.05) is 5.32 Å². The number of aryl methyl sites for hydroxylation is 1. The van der Waals surface area contributed by atoms with Crippen molar-refractivity contribution in [3.63, 3.8) is 0 Å². The molecule has 1 N–H and O–H groups in total. The number of anilines is 2. The van der Waals surface area contributed by atoms with Crippen LogP contribution in [0.25, 0.3) is 0 Å². The molecule has 0 aliphatic heterocycles. The Bertz CT molecular complexity index is 612. The van der Waals surface area contributed by atoms with Crippen LogP contribution in [0.1, 0.15) is 19.2 Å². The quantitative estimate of drug-likeness (QED) is 0.728. The van der Waals surface area contributed by atoms with Crippen molar-refractivity contribution >= 4 is 43.4 Å². The maximum Gasteiger partial charge on any atom is 0.150 e. The third-order valence-electron chi connectivity index (χ3n) is 2.47. The zero-order chi connectivity index (χ0) is 14.7. The molecule has 0 amide bonds. The minimum Gasteiger partial charge on any atom is -0.335 e. The maximum atomic E-state index is 13.8. The fraction of sp³-hybridized carbons (Fsp3) is 0.231. The molecule has 0 radical (unpaired) electrons. The molecule has 0 aliphatic rings. The van der Waals surface area contributed by atoms with E-state index in [2.05, 4.69) is 47.1 Å². The molecule has 1 heterocycles. The number of nitrogens with one attached hydrogen (secondary N) is 1. The first-order valence-corrected chi connectivity index (χ1v) is 7.53. The summed E-state index contributed by atoms with van der Waals surface area (Å²) in [5.41, 5.74) is -0.235. The lowest BCUT2D eigenvalue weighted by molar-refractivity contribution is 0.589. The second kappa shape index (κ2) is 6.58. The molecule has 1 aromatic heterocycles. The van der Waals surface area contributed by atoms with Gasteiger partial charge < -0.3 is 5.32 Å². The summed E-state index contributed by atoms with van der Waals surface area (Å²) in [4.78, 5) is 8.42. The minimum absolute atomic E-state index is 0.235. The lowest BCUT2D eigenvalue weighted by Gasteiger charge is -2.10. The molecule has 1 aromatic carbocycles. The number of aromatic nitrogens is 2. The third kappa shape index (κ3) is 3.73. The Kier molecular flexibility index (Phi) is 5.04. The largest absolute Gasteiger partial charge is 0.335 e. The molecule has 106 valence electrons. The Labute approximate surface area is 132 Å². The molecule has 0 saturated carbocycles. The Morgan fingerprint density at radius 2 is 1.75 bits per heavy atom. The lowest BCUT2D eigenvalue weighted by atomic mass is 10.3. The summed E-state index contributed by atoms with van der Waals surface area (Å²) in [6, 6.07) is 3.95. The van der Waals surface area contributed by atoms with E-state index in [1.165, 1.54) is 12.1 Å². The van der Waals surface area contributed by atoms with E-state index < -0.39 is 11.6 Å². The highest BCUT2D eigenvalue weighted by Crippen LogP contribution is 2.27. The highest BCUT2D eigenvalue weighted by atomic mass is 79.9. The van der Waals surface area contributed by atoms with Crippen LogP contribution in [0.5, 0.6) is 0 Å². The summed E-state index contributed by atoms with van der Waals surface area (Å²) in [5.74, 6) is -0.426. The summed E-state index contributed by atoms with van der Waals surface area (Å²) in [5, 5.41) is 2.66. The van der Waals surface area contributed by atoms with Gasteiger partial charge in [0.2, 0.25) is 0 Å². The fourth-order valence-electron chi connectivity index (χ4n) is 1.65. The number of hydrogen-bond donors (Lipinski definition) is 1. The molecular formula is C13H11Br2F2N3. The molecule has 0 bridgehead atoms. The van der Waals surface area contributed by atoms with E-state index in [0.29, 0.717) is 27.1 Å². The van der Waals surface area contributed by atoms with Crippen molar-refractivity contribution in [2.45, 2.75) is 19.8 Å². The van der Waals surface area contributed by atoms with Gasteiger partial charge in [-0.3, -0.25) is 0 Å². The second-order valence-corrected chi connectivity index (χ2v) is 5.84. The van der Waals surface area contributed by atoms with Gasteiger partial charge in [0.25, 0.3) is 0 Å². The van der Waals surface area contributed by atoms with Crippen molar-refractivity contribution in [2.24, 2.45) is 0 Å². The van der Waals surface area contributed by atoms with Crippen LogP contribution in [-0.2, 0) is 6.42 Å². The van der Waals surface area contributed by atoms with E-state index in [1.807, 2.05) is 6.92 Å². The average Bonchev–Trinajstić information content (AvgIpc) is 2.33. The molecule has 0 fully saturated rings. The van der Waals surface area contributed by atoms with Crippen LogP contribution in [0, 0.1) is 11.6 Å². The highest BCUT2D eigenvalue weighted by molar-refractivity contribution is 9.10. The van der Waals surface area contributed by atoms with Gasteiger partial charge in [-0.2, -0.15) is 0 Å². The van der Waals surface area contributed by atoms with E-state index >= 15 is 0 Å². The van der Waals surface area contributed by atoms with Gasteiger partial charge >= 0.3 is 0 Å². The van der Waals surface area contributed by atoms with Crippen LogP contribution in [0.15, 0.2) is 27.3 Å². The highest BCUT2D eigenvalue weighted by Gasteiger charge is 2.12. The summed E-state index contributed by atoms with van der Waals surface area (Å²) in [7, 11) is 0. The number of halogens is 4. The van der Waals surface area contributed by atoms with Crippen LogP contribution in [-0.4, -0.2) is 9.97 Å². The molecule has 2 rings (SSSR count). The molecule has 3 nitrogen and oxygen atoms in total. The molecule has 0 aliphatic carbocycles. The Morgan fingerprint density at radius 3 is 2.35 bits per heavy atom. The van der Waals surface area contributed by atoms with E-state index in [9.17, 15) is 8.78 Å². The van der Waals surface area contributed by atoms with E-state index in [4.69, 9.17) is 0 Å². The van der Waals surface area contributed by atoms with Gasteiger partial charge in [-0.1, -0.05) is 22.9 Å². The van der Waals surface area contributed by atoms with Crippen LogP contribution < -0.4 is 5.32 Å². The van der Waals surface area contributed by atoms with Gasteiger partial charge in [0.1, 0.15) is 21.9 Å². The Balaban J connectivity index is 2.35. The molecular weight excluding hydrogens is 396 g/mol. The standard InChI is InChI=1S/C13H11Br2F2N3/c1-2-3-11-18-10(15)6-12(19-11)20-13-8(16)4-7(14)5-9(13)17/h4-6H,2-3H2,1H3,(H,18,19,20). The summed E-state index contributed by atoms with van der Waals surface area (Å²) in [6.07, 6.45) is 1.58. The first-order chi connectivity index (χ1) is 9.49. The molecule has 0 saturated heterocycles. The van der Waals surface area contributed by atoms with Gasteiger partial charge in [-0.25, -0.2) is 18.7 Å². The predicted octanol–water partition coefficient (Wildman–Crippen LogP) is 4.98. The monoisotopic (exact) mass is 405 g/mol. The molecule has 20 heavy (non-hydrogen) atoms. The zero-order valence-electron chi connectivity index (χ0n) is 10.6. The van der Waals surface area contributed by atoms with E-state index in [-0.39, 0.29) is 5.69 Å². The van der Waals surface area contributed by atoms with Crippen LogP contribution in [0.2, 0.25) is 0 Å². The van der Waals surface area contributed by atoms with E-state index in [0.717, 1.165) is 6.42 Å². The zero-order valence-corrected chi connectivity index (χ0v) is 13.7. The van der Waals surface area contributed by atoms with Gasteiger partial charge in [0.05, 0.1) is 0 Å². The second-order valence-electron chi connectivity index (χ2n) is 4.11. The van der Waals surface area contributed by atoms with Crippen LogP contribution >= 0.6 is 31.9 Å². The third-order valence-corrected chi connectivity index (χ3v) is 3.34. The summed E-state index contributed by atoms with van der Waals surface area (Å²) in [6.45, 7) is 2.01. The molecule has 2 aromatic rings. The number of nitrogens with zero attached hydrogens (tertiary/aromatic N) is 2. The summed E-state index contributed by atoms with van der Waals surface area (Å²) >= 11 is 6.29. The van der Waals surface area contributed by atoms with Crippen molar-refractivity contribution < 1.29 is 8.78 Å². The number of hydrogen-bond acceptors (Lipinski definition) is 3. The Hall–Kier alpha value is -1.08. The molecule has 0 atom stereocenters. The van der Waals surface area contributed by atoms with Crippen LogP contribution in [0.3, 0.4) is 0 Å². The first-order valence-electron chi connectivity index (χ1n) is 5.94. The van der Waals surface area contributed by atoms with Crippen LogP contribution in [0.4, 0.5) is 20.3 Å².